The fraction of sp³-hybridized carbons (Fsp3) is 1.00. The van der Waals surface area contributed by atoms with Crippen LogP contribution in [0.4, 0.5) is 0 Å². The van der Waals surface area contributed by atoms with Crippen LogP contribution in [-0.4, -0.2) is 17.5 Å². The molecule has 0 aliphatic carbocycles. The van der Waals surface area contributed by atoms with Crippen molar-refractivity contribution in [1.82, 2.24) is 0 Å². The minimum Gasteiger partial charge on any atom is -0.131 e. The molecule has 0 radical (unpaired) electrons. The van der Waals surface area contributed by atoms with Crippen molar-refractivity contribution in [1.29, 1.82) is 0 Å². The van der Waals surface area contributed by atoms with E-state index in [1.165, 1.54) is 78.7 Å². The summed E-state index contributed by atoms with van der Waals surface area (Å²) in [5.41, 5.74) is 0. The molecule has 104 valence electrons. The summed E-state index contributed by atoms with van der Waals surface area (Å²) < 4.78 is 0. The van der Waals surface area contributed by atoms with Gasteiger partial charge in [-0.2, -0.15) is 0 Å². The molecule has 0 bridgehead atoms. The molecule has 0 nitrogen and oxygen atoms in total. The summed E-state index contributed by atoms with van der Waals surface area (Å²) in [6.45, 7) is 6.93. The molecule has 0 aromatic heterocycles. The second-order valence-corrected chi connectivity index (χ2v) is 8.15. The monoisotopic (exact) mass is 276 g/mol. The smallest absolute Gasteiger partial charge is 0.0147 e. The van der Waals surface area contributed by atoms with Gasteiger partial charge in [-0.05, 0) is 43.2 Å². The van der Waals surface area contributed by atoms with Gasteiger partial charge in [0.05, 0.1) is 0 Å². The summed E-state index contributed by atoms with van der Waals surface area (Å²) in [5.74, 6) is 0. The van der Waals surface area contributed by atoms with E-state index < -0.39 is 0 Å². The van der Waals surface area contributed by atoms with Gasteiger partial charge >= 0.3 is 0 Å². The van der Waals surface area contributed by atoms with Gasteiger partial charge in [-0.3, -0.25) is 0 Å². The van der Waals surface area contributed by atoms with Crippen molar-refractivity contribution in [2.24, 2.45) is 0 Å². The Bertz CT molecular complexity index is 149. The molecule has 2 heteroatoms. The zero-order valence-electron chi connectivity index (χ0n) is 12.4. The van der Waals surface area contributed by atoms with Crippen LogP contribution in [0.3, 0.4) is 0 Å². The van der Waals surface area contributed by atoms with Gasteiger partial charge in [0.15, 0.2) is 0 Å². The predicted molar refractivity (Wildman–Crippen MR) is 89.1 cm³/mol. The zero-order valence-corrected chi connectivity index (χ0v) is 14.5. The van der Waals surface area contributed by atoms with Crippen molar-refractivity contribution in [2.75, 3.05) is 12.3 Å². The van der Waals surface area contributed by atoms with Crippen LogP contribution in [0.5, 0.6) is 0 Å². The van der Waals surface area contributed by atoms with E-state index in [1.807, 2.05) is 0 Å². The maximum Gasteiger partial charge on any atom is -0.0147 e. The van der Waals surface area contributed by atoms with E-state index in [2.05, 4.69) is 30.0 Å². The summed E-state index contributed by atoms with van der Waals surface area (Å²) in [7, 11) is 4.43. The van der Waals surface area contributed by atoms with Gasteiger partial charge in [0.1, 0.15) is 0 Å². The summed E-state index contributed by atoms with van der Waals surface area (Å²) >= 11 is 0. The van der Waals surface area contributed by atoms with Crippen molar-refractivity contribution in [3.8, 4) is 0 Å². The van der Waals surface area contributed by atoms with Crippen molar-refractivity contribution >= 4 is 17.8 Å². The second kappa shape index (κ2) is 11.9. The Morgan fingerprint density at radius 1 is 0.765 bits per heavy atom. The van der Waals surface area contributed by atoms with Crippen LogP contribution in [0, 0.1) is 0 Å². The normalized spacial score (nSPS) is 12.7. The third kappa shape index (κ3) is 10.5. The Morgan fingerprint density at radius 3 is 1.76 bits per heavy atom. The van der Waals surface area contributed by atoms with Crippen LogP contribution in [0.1, 0.15) is 78.6 Å². The van der Waals surface area contributed by atoms with Crippen LogP contribution in [0.25, 0.3) is 0 Å². The maximum atomic E-state index is 3.22. The average Bonchev–Trinajstić information content (AvgIpc) is 2.34. The molecule has 2 atom stereocenters. The van der Waals surface area contributed by atoms with Gasteiger partial charge in [-0.1, -0.05) is 52.9 Å². The van der Waals surface area contributed by atoms with E-state index in [0.29, 0.717) is 5.16 Å². The molecule has 0 fully saturated rings. The quantitative estimate of drug-likeness (QED) is 0.310. The highest BCUT2D eigenvalue weighted by atomic mass is 31.1. The molecule has 0 aliphatic rings. The molecule has 0 saturated heterocycles. The lowest BCUT2D eigenvalue weighted by molar-refractivity contribution is 0.454. The van der Waals surface area contributed by atoms with E-state index in [1.54, 1.807) is 0 Å². The fourth-order valence-electron chi connectivity index (χ4n) is 2.20. The highest BCUT2D eigenvalue weighted by Gasteiger charge is 2.22. The molecule has 0 aromatic carbocycles. The maximum absolute atomic E-state index is 3.22. The Kier molecular flexibility index (Phi) is 12.5. The molecule has 0 aliphatic heterocycles. The Labute approximate surface area is 114 Å². The van der Waals surface area contributed by atoms with Crippen molar-refractivity contribution in [3.63, 3.8) is 0 Å². The van der Waals surface area contributed by atoms with Gasteiger partial charge < -0.3 is 0 Å². The molecule has 0 saturated carbocycles. The molecule has 0 spiro atoms. The standard InChI is InChI=1S/C15H34P2/c1-4-7-10-15(16,11-8-5-2)12-14-17-13-9-6-3/h17H,4-14,16H2,1-3H3. The lowest BCUT2D eigenvalue weighted by Gasteiger charge is -2.29. The molecule has 2 unspecified atom stereocenters. The third-order valence-corrected chi connectivity index (χ3v) is 5.74. The highest BCUT2D eigenvalue weighted by Crippen LogP contribution is 2.36. The molecular weight excluding hydrogens is 242 g/mol. The van der Waals surface area contributed by atoms with Gasteiger partial charge in [0.25, 0.3) is 0 Å². The lowest BCUT2D eigenvalue weighted by Crippen LogP contribution is -2.21. The Hall–Kier alpha value is 0.860. The molecule has 0 aromatic rings. The molecule has 0 N–H and O–H groups in total. The van der Waals surface area contributed by atoms with Crippen molar-refractivity contribution in [2.45, 2.75) is 83.7 Å². The van der Waals surface area contributed by atoms with Crippen LogP contribution in [-0.2, 0) is 0 Å². The molecule has 0 rings (SSSR count). The van der Waals surface area contributed by atoms with Gasteiger partial charge in [-0.25, -0.2) is 0 Å². The first-order valence-electron chi connectivity index (χ1n) is 7.68. The Balaban J connectivity index is 3.82. The molecule has 0 heterocycles. The zero-order chi connectivity index (χ0) is 13.0. The largest absolute Gasteiger partial charge is 0.131 e. The van der Waals surface area contributed by atoms with Crippen molar-refractivity contribution < 1.29 is 0 Å². The second-order valence-electron chi connectivity index (χ2n) is 5.42. The van der Waals surface area contributed by atoms with Crippen LogP contribution < -0.4 is 0 Å². The number of unbranched alkanes of at least 4 members (excludes halogenated alkanes) is 3. The molecule has 17 heavy (non-hydrogen) atoms. The molecule has 0 amide bonds. The summed E-state index contributed by atoms with van der Waals surface area (Å²) in [5, 5.41) is 0.575. The minimum atomic E-state index is 0.575. The first-order valence-corrected chi connectivity index (χ1v) is 9.67. The number of rotatable bonds is 12. The highest BCUT2D eigenvalue weighted by molar-refractivity contribution is 7.38. The van der Waals surface area contributed by atoms with Gasteiger partial charge in [0, 0.05) is 0 Å². The molecular formula is C15H34P2. The first kappa shape index (κ1) is 17.9. The van der Waals surface area contributed by atoms with E-state index in [9.17, 15) is 0 Å². The van der Waals surface area contributed by atoms with Crippen LogP contribution in [0.2, 0.25) is 0 Å². The topological polar surface area (TPSA) is 0 Å². The van der Waals surface area contributed by atoms with E-state index in [-0.39, 0.29) is 0 Å². The summed E-state index contributed by atoms with van der Waals surface area (Å²) in [6, 6.07) is 0. The first-order chi connectivity index (χ1) is 8.18. The SMILES string of the molecule is CCCCPCCC(P)(CCCC)CCCC. The lowest BCUT2D eigenvalue weighted by atomic mass is 9.92. The van der Waals surface area contributed by atoms with Crippen LogP contribution in [0.15, 0.2) is 0 Å². The summed E-state index contributed by atoms with van der Waals surface area (Å²) in [6.07, 6.45) is 15.5. The Morgan fingerprint density at radius 2 is 1.29 bits per heavy atom. The summed E-state index contributed by atoms with van der Waals surface area (Å²) in [4.78, 5) is 0. The fourth-order valence-corrected chi connectivity index (χ4v) is 4.57. The van der Waals surface area contributed by atoms with E-state index >= 15 is 0 Å². The predicted octanol–water partition coefficient (Wildman–Crippen LogP) is 5.85. The number of hydrogen-bond acceptors (Lipinski definition) is 0. The average molecular weight is 276 g/mol. The van der Waals surface area contributed by atoms with Gasteiger partial charge in [0.2, 0.25) is 0 Å². The number of hydrogen-bond donors (Lipinski definition) is 0. The van der Waals surface area contributed by atoms with E-state index in [4.69, 9.17) is 0 Å². The minimum absolute atomic E-state index is 0.575. The van der Waals surface area contributed by atoms with Gasteiger partial charge in [-0.15, -0.1) is 17.8 Å². The van der Waals surface area contributed by atoms with Crippen molar-refractivity contribution in [3.05, 3.63) is 0 Å². The third-order valence-electron chi connectivity index (χ3n) is 3.56. The van der Waals surface area contributed by atoms with Crippen LogP contribution >= 0.6 is 17.8 Å². The van der Waals surface area contributed by atoms with E-state index in [0.717, 1.165) is 0 Å².